The number of aliphatic hydroxyl groups excluding tert-OH is 1. The average Bonchev–Trinajstić information content (AvgIpc) is 2.85. The van der Waals surface area contributed by atoms with Gasteiger partial charge < -0.3 is 5.11 Å². The maximum atomic E-state index is 10.3. The molecule has 0 unspecified atom stereocenters. The van der Waals surface area contributed by atoms with E-state index in [0.717, 1.165) is 18.4 Å². The summed E-state index contributed by atoms with van der Waals surface area (Å²) >= 11 is 0. The second-order valence-corrected chi connectivity index (χ2v) is 6.78. The average molecular weight is 253 g/mol. The largest absolute Gasteiger partial charge is 0.391 e. The fourth-order valence-electron chi connectivity index (χ4n) is 3.74. The summed E-state index contributed by atoms with van der Waals surface area (Å²) in [7, 11) is 0. The third-order valence-corrected chi connectivity index (χ3v) is 4.88. The predicted octanol–water partition coefficient (Wildman–Crippen LogP) is 3.58. The highest BCUT2D eigenvalue weighted by atomic mass is 16.3. The first kappa shape index (κ1) is 14.3. The van der Waals surface area contributed by atoms with Gasteiger partial charge in [0, 0.05) is 12.1 Å². The van der Waals surface area contributed by atoms with Gasteiger partial charge in [-0.05, 0) is 44.6 Å². The number of aliphatic hydroxyl groups is 1. The summed E-state index contributed by atoms with van der Waals surface area (Å²) in [4.78, 5) is 2.69. The molecule has 2 heteroatoms. The Labute approximate surface area is 113 Å². The van der Waals surface area contributed by atoms with Crippen LogP contribution in [0.1, 0.15) is 71.6 Å². The molecular weight excluding hydrogens is 222 g/mol. The van der Waals surface area contributed by atoms with E-state index in [2.05, 4.69) is 18.7 Å². The molecule has 2 atom stereocenters. The summed E-state index contributed by atoms with van der Waals surface area (Å²) in [6.45, 7) is 5.82. The van der Waals surface area contributed by atoms with Crippen molar-refractivity contribution in [2.45, 2.75) is 89.8 Å². The lowest BCUT2D eigenvalue weighted by molar-refractivity contribution is -0.00291. The van der Waals surface area contributed by atoms with Gasteiger partial charge in [-0.2, -0.15) is 0 Å². The fraction of sp³-hybridized carbons (Fsp3) is 1.00. The van der Waals surface area contributed by atoms with Gasteiger partial charge in [-0.25, -0.2) is 0 Å². The van der Waals surface area contributed by atoms with Crippen LogP contribution in [-0.4, -0.2) is 34.7 Å². The first-order valence-corrected chi connectivity index (χ1v) is 8.12. The van der Waals surface area contributed by atoms with E-state index in [4.69, 9.17) is 0 Å². The minimum Gasteiger partial charge on any atom is -0.391 e. The lowest BCUT2D eigenvalue weighted by atomic mass is 9.89. The summed E-state index contributed by atoms with van der Waals surface area (Å²) in [5, 5.41) is 10.3. The van der Waals surface area contributed by atoms with E-state index in [1.165, 1.54) is 57.9 Å². The van der Waals surface area contributed by atoms with Crippen molar-refractivity contribution < 1.29 is 5.11 Å². The van der Waals surface area contributed by atoms with Gasteiger partial charge in [-0.3, -0.25) is 4.90 Å². The van der Waals surface area contributed by atoms with Crippen LogP contribution in [0.4, 0.5) is 0 Å². The molecule has 106 valence electrons. The number of nitrogens with zero attached hydrogens (tertiary/aromatic N) is 1. The highest BCUT2D eigenvalue weighted by Gasteiger charge is 2.33. The monoisotopic (exact) mass is 253 g/mol. The molecule has 2 saturated carbocycles. The minimum atomic E-state index is -0.0634. The summed E-state index contributed by atoms with van der Waals surface area (Å²) in [6.07, 6.45) is 11.5. The summed E-state index contributed by atoms with van der Waals surface area (Å²) < 4.78 is 0. The normalized spacial score (nSPS) is 30.5. The molecule has 2 aliphatic rings. The second-order valence-electron chi connectivity index (χ2n) is 6.78. The zero-order valence-corrected chi connectivity index (χ0v) is 12.3. The van der Waals surface area contributed by atoms with Gasteiger partial charge in [0.1, 0.15) is 0 Å². The maximum Gasteiger partial charge on any atom is 0.0695 e. The minimum absolute atomic E-state index is 0.0634. The summed E-state index contributed by atoms with van der Waals surface area (Å²) in [6, 6.07) is 1.22. The third-order valence-electron chi connectivity index (χ3n) is 4.88. The van der Waals surface area contributed by atoms with Crippen LogP contribution in [0.15, 0.2) is 0 Å². The molecule has 0 aromatic heterocycles. The van der Waals surface area contributed by atoms with Crippen LogP contribution in [-0.2, 0) is 0 Å². The molecule has 0 saturated heterocycles. The Hall–Kier alpha value is -0.0800. The van der Waals surface area contributed by atoms with Crippen LogP contribution in [0, 0.1) is 5.92 Å². The highest BCUT2D eigenvalue weighted by Crippen LogP contribution is 2.31. The molecule has 0 aromatic rings. The smallest absolute Gasteiger partial charge is 0.0695 e. The Morgan fingerprint density at radius 2 is 1.61 bits per heavy atom. The van der Waals surface area contributed by atoms with Crippen LogP contribution in [0.2, 0.25) is 0 Å². The van der Waals surface area contributed by atoms with Crippen molar-refractivity contribution in [1.82, 2.24) is 4.90 Å². The molecular formula is C16H31NO. The van der Waals surface area contributed by atoms with Gasteiger partial charge in [0.05, 0.1) is 6.10 Å². The van der Waals surface area contributed by atoms with Crippen molar-refractivity contribution in [2.75, 3.05) is 6.54 Å². The molecule has 0 aromatic carbocycles. The van der Waals surface area contributed by atoms with Crippen LogP contribution in [0.25, 0.3) is 0 Å². The molecule has 0 amide bonds. The van der Waals surface area contributed by atoms with E-state index < -0.39 is 0 Å². The molecule has 0 radical (unpaired) electrons. The Bertz CT molecular complexity index is 235. The zero-order valence-electron chi connectivity index (χ0n) is 12.3. The van der Waals surface area contributed by atoms with E-state index in [1.54, 1.807) is 0 Å². The van der Waals surface area contributed by atoms with Crippen molar-refractivity contribution >= 4 is 0 Å². The molecule has 0 aliphatic heterocycles. The molecule has 2 fully saturated rings. The predicted molar refractivity (Wildman–Crippen MR) is 76.7 cm³/mol. The van der Waals surface area contributed by atoms with Gasteiger partial charge in [0.25, 0.3) is 0 Å². The van der Waals surface area contributed by atoms with Crippen LogP contribution in [0.3, 0.4) is 0 Å². The summed E-state index contributed by atoms with van der Waals surface area (Å²) in [5.74, 6) is 0.773. The molecule has 0 heterocycles. The zero-order chi connectivity index (χ0) is 13.0. The van der Waals surface area contributed by atoms with Crippen LogP contribution < -0.4 is 0 Å². The van der Waals surface area contributed by atoms with Gasteiger partial charge in [-0.1, -0.05) is 39.5 Å². The summed E-state index contributed by atoms with van der Waals surface area (Å²) in [5.41, 5.74) is 0. The second kappa shape index (κ2) is 6.91. The van der Waals surface area contributed by atoms with Crippen molar-refractivity contribution in [3.63, 3.8) is 0 Å². The number of rotatable bonds is 5. The Morgan fingerprint density at radius 3 is 2.22 bits per heavy atom. The molecule has 2 rings (SSSR count). The Balaban J connectivity index is 1.97. The third kappa shape index (κ3) is 3.71. The lowest BCUT2D eigenvalue weighted by Crippen LogP contribution is -2.50. The number of hydrogen-bond acceptors (Lipinski definition) is 2. The fourth-order valence-corrected chi connectivity index (χ4v) is 3.74. The van der Waals surface area contributed by atoms with Gasteiger partial charge in [0.15, 0.2) is 0 Å². The molecule has 2 nitrogen and oxygen atoms in total. The Kier molecular flexibility index (Phi) is 5.50. The quantitative estimate of drug-likeness (QED) is 0.809. The molecule has 18 heavy (non-hydrogen) atoms. The van der Waals surface area contributed by atoms with Crippen molar-refractivity contribution in [3.05, 3.63) is 0 Å². The lowest BCUT2D eigenvalue weighted by Gasteiger charge is -2.41. The van der Waals surface area contributed by atoms with Gasteiger partial charge >= 0.3 is 0 Å². The van der Waals surface area contributed by atoms with Crippen LogP contribution >= 0.6 is 0 Å². The number of hydrogen-bond donors (Lipinski definition) is 1. The molecule has 2 aliphatic carbocycles. The highest BCUT2D eigenvalue weighted by molar-refractivity contribution is 4.89. The van der Waals surface area contributed by atoms with E-state index in [1.807, 2.05) is 0 Å². The van der Waals surface area contributed by atoms with Crippen LogP contribution in [0.5, 0.6) is 0 Å². The molecule has 0 spiro atoms. The van der Waals surface area contributed by atoms with Crippen molar-refractivity contribution in [3.8, 4) is 0 Å². The topological polar surface area (TPSA) is 23.5 Å². The van der Waals surface area contributed by atoms with E-state index in [0.29, 0.717) is 6.04 Å². The van der Waals surface area contributed by atoms with E-state index in [9.17, 15) is 5.11 Å². The van der Waals surface area contributed by atoms with Crippen molar-refractivity contribution in [2.24, 2.45) is 5.92 Å². The van der Waals surface area contributed by atoms with Crippen molar-refractivity contribution in [1.29, 1.82) is 0 Å². The maximum absolute atomic E-state index is 10.3. The molecule has 0 bridgehead atoms. The van der Waals surface area contributed by atoms with Gasteiger partial charge in [-0.15, -0.1) is 0 Å². The first-order valence-electron chi connectivity index (χ1n) is 8.12. The van der Waals surface area contributed by atoms with Gasteiger partial charge in [0.2, 0.25) is 0 Å². The Morgan fingerprint density at radius 1 is 1.00 bits per heavy atom. The SMILES string of the molecule is CC(C)CCN(C1CCCC1)[C@H]1CCCC[C@@H]1O. The molecule has 1 N–H and O–H groups in total. The first-order chi connectivity index (χ1) is 8.68. The van der Waals surface area contributed by atoms with E-state index in [-0.39, 0.29) is 6.10 Å². The standard InChI is InChI=1S/C16H31NO/c1-13(2)11-12-17(14-7-3-4-8-14)15-9-5-6-10-16(15)18/h13-16,18H,3-12H2,1-2H3/t15-,16-/m0/s1. The van der Waals surface area contributed by atoms with E-state index >= 15 is 0 Å².